The highest BCUT2D eigenvalue weighted by Crippen LogP contribution is 2.25. The van der Waals surface area contributed by atoms with E-state index in [0.717, 1.165) is 38.6 Å². The minimum absolute atomic E-state index is 0.477. The third-order valence-corrected chi connectivity index (χ3v) is 4.35. The summed E-state index contributed by atoms with van der Waals surface area (Å²) in [5, 5.41) is 5.19. The summed E-state index contributed by atoms with van der Waals surface area (Å²) in [5.74, 6) is 0.813. The second-order valence-electron chi connectivity index (χ2n) is 4.38. The lowest BCUT2D eigenvalue weighted by molar-refractivity contribution is 0.294. The van der Waals surface area contributed by atoms with Gasteiger partial charge in [0.1, 0.15) is 12.4 Å². The van der Waals surface area contributed by atoms with Crippen LogP contribution in [0, 0.1) is 6.92 Å². The van der Waals surface area contributed by atoms with Crippen molar-refractivity contribution in [1.82, 2.24) is 9.78 Å². The summed E-state index contributed by atoms with van der Waals surface area (Å²) in [6, 6.07) is 5.66. The third-order valence-electron chi connectivity index (χ3n) is 3.01. The number of ether oxygens (including phenoxy) is 1. The van der Waals surface area contributed by atoms with E-state index in [4.69, 9.17) is 16.3 Å². The predicted molar refractivity (Wildman–Crippen MR) is 80.8 cm³/mol. The first-order chi connectivity index (χ1) is 9.02. The second-order valence-corrected chi connectivity index (χ2v) is 5.58. The average molecular weight is 344 g/mol. The zero-order chi connectivity index (χ0) is 14.0. The normalized spacial score (nSPS) is 10.8. The van der Waals surface area contributed by atoms with Crippen molar-refractivity contribution in [2.75, 3.05) is 0 Å². The maximum Gasteiger partial charge on any atom is 0.131 e. The summed E-state index contributed by atoms with van der Waals surface area (Å²) in [6.45, 7) is 4.52. The fourth-order valence-corrected chi connectivity index (χ4v) is 2.68. The predicted octanol–water partition coefficient (Wildman–Crippen LogP) is 4.29. The Kier molecular flexibility index (Phi) is 4.53. The Morgan fingerprint density at radius 3 is 2.74 bits per heavy atom. The van der Waals surface area contributed by atoms with Crippen molar-refractivity contribution in [3.05, 3.63) is 44.6 Å². The van der Waals surface area contributed by atoms with Crippen molar-refractivity contribution in [3.63, 3.8) is 0 Å². The molecule has 2 aromatic rings. The van der Waals surface area contributed by atoms with Crippen molar-refractivity contribution in [2.45, 2.75) is 26.9 Å². The molecule has 3 nitrogen and oxygen atoms in total. The quantitative estimate of drug-likeness (QED) is 0.828. The van der Waals surface area contributed by atoms with Gasteiger partial charge in [0.05, 0.1) is 15.9 Å². The van der Waals surface area contributed by atoms with E-state index in [1.165, 1.54) is 0 Å². The van der Waals surface area contributed by atoms with Crippen molar-refractivity contribution in [1.29, 1.82) is 0 Å². The summed E-state index contributed by atoms with van der Waals surface area (Å²) in [4.78, 5) is 0. The lowest BCUT2D eigenvalue weighted by atomic mass is 10.2. The van der Waals surface area contributed by atoms with Crippen LogP contribution in [0.15, 0.2) is 22.7 Å². The molecule has 0 fully saturated rings. The summed E-state index contributed by atoms with van der Waals surface area (Å²) in [7, 11) is 1.93. The summed E-state index contributed by atoms with van der Waals surface area (Å²) >= 11 is 9.57. The molecule has 0 bridgehead atoms. The fourth-order valence-electron chi connectivity index (χ4n) is 1.84. The van der Waals surface area contributed by atoms with Gasteiger partial charge in [0.25, 0.3) is 0 Å². The van der Waals surface area contributed by atoms with Gasteiger partial charge in [-0.05, 0) is 53.0 Å². The van der Waals surface area contributed by atoms with Gasteiger partial charge in [0.15, 0.2) is 0 Å². The van der Waals surface area contributed by atoms with Crippen LogP contribution < -0.4 is 4.74 Å². The van der Waals surface area contributed by atoms with Gasteiger partial charge in [-0.3, -0.25) is 4.68 Å². The van der Waals surface area contributed by atoms with Crippen LogP contribution in [-0.2, 0) is 20.1 Å². The molecule has 0 radical (unpaired) electrons. The molecule has 0 saturated carbocycles. The van der Waals surface area contributed by atoms with Crippen molar-refractivity contribution < 1.29 is 4.74 Å². The van der Waals surface area contributed by atoms with Gasteiger partial charge in [-0.1, -0.05) is 18.5 Å². The highest BCUT2D eigenvalue weighted by atomic mass is 79.9. The van der Waals surface area contributed by atoms with Crippen LogP contribution in [0.5, 0.6) is 5.75 Å². The van der Waals surface area contributed by atoms with Crippen molar-refractivity contribution in [2.24, 2.45) is 7.05 Å². The Bertz CT molecular complexity index is 595. The van der Waals surface area contributed by atoms with E-state index in [1.54, 1.807) is 0 Å². The van der Waals surface area contributed by atoms with Crippen molar-refractivity contribution >= 4 is 27.5 Å². The molecule has 5 heteroatoms. The molecule has 1 aromatic heterocycles. The maximum absolute atomic E-state index is 5.99. The van der Waals surface area contributed by atoms with E-state index >= 15 is 0 Å². The van der Waals surface area contributed by atoms with Crippen LogP contribution >= 0.6 is 27.5 Å². The van der Waals surface area contributed by atoms with Crippen molar-refractivity contribution in [3.8, 4) is 5.75 Å². The number of aromatic nitrogens is 2. The smallest absolute Gasteiger partial charge is 0.131 e. The zero-order valence-electron chi connectivity index (χ0n) is 11.2. The molecule has 0 aliphatic rings. The number of nitrogens with zero attached hydrogens (tertiary/aromatic N) is 2. The summed E-state index contributed by atoms with van der Waals surface area (Å²) in [6.07, 6.45) is 0.897. The van der Waals surface area contributed by atoms with E-state index in [9.17, 15) is 0 Å². The molecule has 2 rings (SSSR count). The first-order valence-corrected chi connectivity index (χ1v) is 7.29. The fraction of sp³-hybridized carbons (Fsp3) is 0.357. The molecular formula is C14H16BrClN2O. The molecule has 1 heterocycles. The molecule has 0 N–H and O–H groups in total. The lowest BCUT2D eigenvalue weighted by Crippen LogP contribution is -2.03. The van der Waals surface area contributed by atoms with Gasteiger partial charge < -0.3 is 4.74 Å². The van der Waals surface area contributed by atoms with Crippen LogP contribution in [-0.4, -0.2) is 9.78 Å². The Balaban J connectivity index is 2.14. The Labute approximate surface area is 126 Å². The first kappa shape index (κ1) is 14.4. The van der Waals surface area contributed by atoms with Gasteiger partial charge in [-0.15, -0.1) is 0 Å². The molecule has 0 atom stereocenters. The molecule has 0 amide bonds. The van der Waals surface area contributed by atoms with E-state index in [0.29, 0.717) is 6.61 Å². The molecule has 19 heavy (non-hydrogen) atoms. The number of hydrogen-bond donors (Lipinski definition) is 0. The van der Waals surface area contributed by atoms with Crippen LogP contribution in [0.25, 0.3) is 0 Å². The number of rotatable bonds is 4. The lowest BCUT2D eigenvalue weighted by Gasteiger charge is -2.08. The number of hydrogen-bond acceptors (Lipinski definition) is 2. The van der Waals surface area contributed by atoms with Gasteiger partial charge in [-0.25, -0.2) is 0 Å². The van der Waals surface area contributed by atoms with E-state index in [2.05, 4.69) is 28.0 Å². The SMILES string of the molecule is CCc1nn(C)c(COc2ccc(Cl)c(C)c2)c1Br. The third kappa shape index (κ3) is 3.12. The van der Waals surface area contributed by atoms with Gasteiger partial charge in [-0.2, -0.15) is 5.10 Å². The molecule has 0 saturated heterocycles. The largest absolute Gasteiger partial charge is 0.487 e. The molecule has 0 unspecified atom stereocenters. The van der Waals surface area contributed by atoms with Gasteiger partial charge in [0, 0.05) is 12.1 Å². The Morgan fingerprint density at radius 2 is 2.16 bits per heavy atom. The summed E-state index contributed by atoms with van der Waals surface area (Å²) < 4.78 is 8.68. The van der Waals surface area contributed by atoms with Crippen LogP contribution in [0.3, 0.4) is 0 Å². The van der Waals surface area contributed by atoms with E-state index in [1.807, 2.05) is 36.9 Å². The number of halogens is 2. The van der Waals surface area contributed by atoms with E-state index in [-0.39, 0.29) is 0 Å². The highest BCUT2D eigenvalue weighted by Gasteiger charge is 2.13. The van der Waals surface area contributed by atoms with Crippen LogP contribution in [0.4, 0.5) is 0 Å². The van der Waals surface area contributed by atoms with Gasteiger partial charge in [0.2, 0.25) is 0 Å². The molecular weight excluding hydrogens is 328 g/mol. The first-order valence-electron chi connectivity index (χ1n) is 6.12. The van der Waals surface area contributed by atoms with Crippen LogP contribution in [0.2, 0.25) is 5.02 Å². The van der Waals surface area contributed by atoms with Crippen LogP contribution in [0.1, 0.15) is 23.9 Å². The summed E-state index contributed by atoms with van der Waals surface area (Å²) in [5.41, 5.74) is 3.09. The molecule has 1 aromatic carbocycles. The zero-order valence-corrected chi connectivity index (χ0v) is 13.5. The standard InChI is InChI=1S/C14H16BrClN2O/c1-4-12-14(15)13(18(3)17-12)8-19-10-5-6-11(16)9(2)7-10/h5-7H,4,8H2,1-3H3. The number of aryl methyl sites for hydroxylation is 3. The monoisotopic (exact) mass is 342 g/mol. The minimum Gasteiger partial charge on any atom is -0.487 e. The Hall–Kier alpha value is -1.000. The average Bonchev–Trinajstić information content (AvgIpc) is 2.66. The topological polar surface area (TPSA) is 27.1 Å². The van der Waals surface area contributed by atoms with E-state index < -0.39 is 0 Å². The molecule has 0 aliphatic heterocycles. The maximum atomic E-state index is 5.99. The molecule has 0 aliphatic carbocycles. The molecule has 102 valence electrons. The van der Waals surface area contributed by atoms with Gasteiger partial charge >= 0.3 is 0 Å². The Morgan fingerprint density at radius 1 is 1.42 bits per heavy atom. The second kappa shape index (κ2) is 5.97. The number of benzene rings is 1. The highest BCUT2D eigenvalue weighted by molar-refractivity contribution is 9.10. The minimum atomic E-state index is 0.477. The molecule has 0 spiro atoms.